The molecule has 194 valence electrons. The monoisotopic (exact) mass is 509 g/mol. The number of hydrogen-bond donors (Lipinski definition) is 3. The number of H-pyrrole nitrogens is 1. The number of ether oxygens (including phenoxy) is 2. The van der Waals surface area contributed by atoms with Crippen LogP contribution in [0.2, 0.25) is 0 Å². The maximum absolute atomic E-state index is 14.6. The molecule has 8 heteroatoms. The van der Waals surface area contributed by atoms with Crippen LogP contribution < -0.4 is 15.0 Å². The van der Waals surface area contributed by atoms with Crippen LogP contribution in [0, 0.1) is 0 Å². The number of rotatable bonds is 11. The van der Waals surface area contributed by atoms with Crippen molar-refractivity contribution in [3.8, 4) is 17.2 Å². The molecule has 0 aliphatic rings. The Bertz CT molecular complexity index is 1400. The van der Waals surface area contributed by atoms with Crippen LogP contribution in [0.15, 0.2) is 77.6 Å². The first-order valence-corrected chi connectivity index (χ1v) is 12.0. The number of benzene rings is 3. The Hall–Kier alpha value is -3.91. The molecule has 0 aliphatic heterocycles. The second-order valence-electron chi connectivity index (χ2n) is 8.88. The van der Waals surface area contributed by atoms with E-state index in [1.165, 1.54) is 37.4 Å². The maximum Gasteiger partial charge on any atom is 0.310 e. The number of phenolic OH excluding ortho intramolecular Hbond substituents is 1. The third-order valence-electron chi connectivity index (χ3n) is 6.30. The number of hydrogen-bond acceptors (Lipinski definition) is 5. The van der Waals surface area contributed by atoms with Gasteiger partial charge in [0.05, 0.1) is 24.3 Å². The largest absolute Gasteiger partial charge is 0.506 e. The third-order valence-corrected chi connectivity index (χ3v) is 6.30. The molecule has 4 rings (SSSR count). The van der Waals surface area contributed by atoms with E-state index in [2.05, 4.69) is 4.98 Å². The molecule has 0 aliphatic carbocycles. The number of aryl methyl sites for hydroxylation is 1. The van der Waals surface area contributed by atoms with Gasteiger partial charge in [-0.15, -0.1) is 0 Å². The zero-order chi connectivity index (χ0) is 26.4. The minimum atomic E-state index is -3.20. The van der Waals surface area contributed by atoms with Gasteiger partial charge in [0.1, 0.15) is 17.2 Å². The van der Waals surface area contributed by atoms with Crippen LogP contribution in [0.4, 0.5) is 8.78 Å². The Balaban J connectivity index is 1.27. The first-order valence-electron chi connectivity index (χ1n) is 12.0. The van der Waals surface area contributed by atoms with Gasteiger partial charge in [-0.25, -0.2) is 0 Å². The molecular weight excluding hydrogens is 480 g/mol. The fraction of sp³-hybridized carbons (Fsp3) is 0.276. The predicted octanol–water partition coefficient (Wildman–Crippen LogP) is 5.86. The number of unbranched alkanes of at least 4 members (excludes halogenated alkanes) is 1. The molecule has 0 fully saturated rings. The average molecular weight is 510 g/mol. The van der Waals surface area contributed by atoms with Crippen molar-refractivity contribution in [1.82, 2.24) is 4.98 Å². The van der Waals surface area contributed by atoms with E-state index in [0.29, 0.717) is 28.6 Å². The molecule has 4 aromatic rings. The summed E-state index contributed by atoms with van der Waals surface area (Å²) in [7, 11) is 1.35. The molecule has 0 radical (unpaired) electrons. The van der Waals surface area contributed by atoms with Crippen molar-refractivity contribution >= 4 is 10.9 Å². The van der Waals surface area contributed by atoms with Crippen molar-refractivity contribution in [1.29, 1.82) is 0 Å². The van der Waals surface area contributed by atoms with Gasteiger partial charge in [0.2, 0.25) is 5.56 Å². The van der Waals surface area contributed by atoms with E-state index in [9.17, 15) is 23.8 Å². The van der Waals surface area contributed by atoms with E-state index in [1.54, 1.807) is 30.3 Å². The summed E-state index contributed by atoms with van der Waals surface area (Å²) in [5.74, 6) is -2.78. The Morgan fingerprint density at radius 1 is 0.973 bits per heavy atom. The van der Waals surface area contributed by atoms with E-state index in [4.69, 9.17) is 9.47 Å². The normalized spacial score (nSPS) is 12.4. The van der Waals surface area contributed by atoms with Crippen LogP contribution in [0.3, 0.4) is 0 Å². The predicted molar refractivity (Wildman–Crippen MR) is 138 cm³/mol. The Morgan fingerprint density at radius 2 is 1.73 bits per heavy atom. The fourth-order valence-corrected chi connectivity index (χ4v) is 4.32. The van der Waals surface area contributed by atoms with Crippen molar-refractivity contribution in [3.05, 3.63) is 99.8 Å². The first-order chi connectivity index (χ1) is 17.8. The number of aromatic nitrogens is 1. The number of alkyl halides is 2. The summed E-state index contributed by atoms with van der Waals surface area (Å²) < 4.78 is 39.7. The number of aliphatic hydroxyl groups excluding tert-OH is 1. The maximum atomic E-state index is 14.6. The molecule has 37 heavy (non-hydrogen) atoms. The van der Waals surface area contributed by atoms with E-state index in [0.717, 1.165) is 24.8 Å². The molecular formula is C29H29F2NO5. The molecule has 1 heterocycles. The van der Waals surface area contributed by atoms with Crippen molar-refractivity contribution in [2.24, 2.45) is 0 Å². The molecule has 6 nitrogen and oxygen atoms in total. The molecule has 1 aromatic heterocycles. The lowest BCUT2D eigenvalue weighted by Crippen LogP contribution is -2.23. The molecule has 3 N–H and O–H groups in total. The van der Waals surface area contributed by atoms with Crippen LogP contribution in [0.25, 0.3) is 10.9 Å². The lowest BCUT2D eigenvalue weighted by Gasteiger charge is -2.19. The zero-order valence-electron chi connectivity index (χ0n) is 20.4. The van der Waals surface area contributed by atoms with Gasteiger partial charge in [-0.05, 0) is 66.8 Å². The summed E-state index contributed by atoms with van der Waals surface area (Å²) in [6.45, 7) is -0.801. The highest BCUT2D eigenvalue weighted by Gasteiger charge is 2.35. The van der Waals surface area contributed by atoms with Crippen molar-refractivity contribution in [2.45, 2.75) is 37.7 Å². The minimum absolute atomic E-state index is 0.0420. The fourth-order valence-electron chi connectivity index (χ4n) is 4.32. The highest BCUT2D eigenvalue weighted by atomic mass is 19.3. The molecule has 0 amide bonds. The Kier molecular flexibility index (Phi) is 8.08. The number of aromatic amines is 1. The van der Waals surface area contributed by atoms with Gasteiger partial charge in [-0.2, -0.15) is 8.78 Å². The summed E-state index contributed by atoms with van der Waals surface area (Å²) in [4.78, 5) is 14.2. The standard InChI is InChI=1S/C29H29F2NO5/c1-36-26-9-5-3-7-23(26)29(30,31)18-37-20-12-10-19(11-13-20)6-2-4-8-24(33)21-14-16-25(34)28-22(21)15-17-27(35)32-28/h3,5,7,9-17,24,33-34H,2,4,6,8,18H2,1H3,(H,32,35). The Morgan fingerprint density at radius 3 is 2.49 bits per heavy atom. The van der Waals surface area contributed by atoms with Crippen molar-refractivity contribution < 1.29 is 28.5 Å². The van der Waals surface area contributed by atoms with E-state index < -0.39 is 18.6 Å². The topological polar surface area (TPSA) is 91.8 Å². The molecule has 0 spiro atoms. The number of para-hydroxylation sites is 1. The molecule has 0 saturated heterocycles. The van der Waals surface area contributed by atoms with Crippen LogP contribution in [0.5, 0.6) is 17.2 Å². The summed E-state index contributed by atoms with van der Waals surface area (Å²) in [6.07, 6.45) is 2.09. The van der Waals surface area contributed by atoms with Crippen molar-refractivity contribution in [2.75, 3.05) is 13.7 Å². The van der Waals surface area contributed by atoms with Gasteiger partial charge < -0.3 is 24.7 Å². The Labute approximate surface area is 213 Å². The van der Waals surface area contributed by atoms with E-state index >= 15 is 0 Å². The van der Waals surface area contributed by atoms with Crippen LogP contribution >= 0.6 is 0 Å². The number of methoxy groups -OCH3 is 1. The summed E-state index contributed by atoms with van der Waals surface area (Å²) in [5.41, 5.74) is 1.45. The number of nitrogens with one attached hydrogen (secondary N) is 1. The summed E-state index contributed by atoms with van der Waals surface area (Å²) in [5, 5.41) is 21.3. The van der Waals surface area contributed by atoms with Crippen LogP contribution in [-0.4, -0.2) is 28.9 Å². The second-order valence-corrected chi connectivity index (χ2v) is 8.88. The molecule has 1 atom stereocenters. The van der Waals surface area contributed by atoms with Gasteiger partial charge in [0, 0.05) is 11.5 Å². The smallest absolute Gasteiger partial charge is 0.310 e. The number of pyridine rings is 1. The SMILES string of the molecule is COc1ccccc1C(F)(F)COc1ccc(CCCCC(O)c2ccc(O)c3[nH]c(=O)ccc23)cc1. The summed E-state index contributed by atoms with van der Waals surface area (Å²) >= 11 is 0. The molecule has 0 bridgehead atoms. The molecule has 1 unspecified atom stereocenters. The lowest BCUT2D eigenvalue weighted by molar-refractivity contribution is -0.0483. The number of phenols is 1. The molecule has 0 saturated carbocycles. The number of halogens is 2. The van der Waals surface area contributed by atoms with Gasteiger partial charge in [0.25, 0.3) is 0 Å². The quantitative estimate of drug-likeness (QED) is 0.220. The number of aliphatic hydroxyl groups is 1. The van der Waals surface area contributed by atoms with Gasteiger partial charge in [-0.3, -0.25) is 4.79 Å². The van der Waals surface area contributed by atoms with Crippen LogP contribution in [-0.2, 0) is 12.3 Å². The lowest BCUT2D eigenvalue weighted by atomic mass is 9.97. The molecule has 3 aromatic carbocycles. The average Bonchev–Trinajstić information content (AvgIpc) is 2.91. The van der Waals surface area contributed by atoms with E-state index in [1.807, 2.05) is 12.1 Å². The second kappa shape index (κ2) is 11.4. The minimum Gasteiger partial charge on any atom is -0.506 e. The highest BCUT2D eigenvalue weighted by molar-refractivity contribution is 5.87. The third kappa shape index (κ3) is 6.27. The van der Waals surface area contributed by atoms with E-state index in [-0.39, 0.29) is 22.6 Å². The van der Waals surface area contributed by atoms with Gasteiger partial charge in [0.15, 0.2) is 6.61 Å². The number of aromatic hydroxyl groups is 1. The zero-order valence-corrected chi connectivity index (χ0v) is 20.4. The van der Waals surface area contributed by atoms with Crippen LogP contribution in [0.1, 0.15) is 42.1 Å². The van der Waals surface area contributed by atoms with Crippen molar-refractivity contribution in [3.63, 3.8) is 0 Å². The van der Waals surface area contributed by atoms with Gasteiger partial charge in [-0.1, -0.05) is 36.8 Å². The number of fused-ring (bicyclic) bond motifs is 1. The highest BCUT2D eigenvalue weighted by Crippen LogP contribution is 2.35. The summed E-state index contributed by atoms with van der Waals surface area (Å²) in [6, 6.07) is 19.1. The first kappa shape index (κ1) is 26.2. The van der Waals surface area contributed by atoms with Gasteiger partial charge >= 0.3 is 5.92 Å².